The van der Waals surface area contributed by atoms with Gasteiger partial charge in [-0.25, -0.2) is 12.8 Å². The van der Waals surface area contributed by atoms with E-state index in [0.29, 0.717) is 12.2 Å². The lowest BCUT2D eigenvalue weighted by atomic mass is 10.1. The van der Waals surface area contributed by atoms with E-state index in [1.165, 1.54) is 19.2 Å². The maximum atomic E-state index is 13.2. The van der Waals surface area contributed by atoms with Crippen molar-refractivity contribution in [2.24, 2.45) is 5.92 Å². The molecule has 0 unspecified atom stereocenters. The molecule has 1 saturated heterocycles. The lowest BCUT2D eigenvalue weighted by Gasteiger charge is -2.23. The zero-order chi connectivity index (χ0) is 23.6. The molecule has 0 bridgehead atoms. The van der Waals surface area contributed by atoms with Crippen molar-refractivity contribution in [3.8, 4) is 5.75 Å². The van der Waals surface area contributed by atoms with Gasteiger partial charge in [-0.05, 0) is 55.3 Å². The van der Waals surface area contributed by atoms with Crippen molar-refractivity contribution in [3.05, 3.63) is 48.3 Å². The molecule has 4 rings (SSSR count). The van der Waals surface area contributed by atoms with Crippen molar-refractivity contribution in [1.29, 1.82) is 0 Å². The van der Waals surface area contributed by atoms with Crippen LogP contribution < -0.4 is 14.8 Å². The molecule has 2 aromatic carbocycles. The Kier molecular flexibility index (Phi) is 6.55. The molecule has 2 aromatic rings. The monoisotopic (exact) mass is 475 g/mol. The van der Waals surface area contributed by atoms with Crippen LogP contribution in [-0.2, 0) is 19.6 Å². The van der Waals surface area contributed by atoms with Gasteiger partial charge in [0.15, 0.2) is 0 Å². The van der Waals surface area contributed by atoms with Gasteiger partial charge in [-0.15, -0.1) is 0 Å². The van der Waals surface area contributed by atoms with Gasteiger partial charge in [0.25, 0.3) is 10.0 Å². The maximum absolute atomic E-state index is 13.2. The highest BCUT2D eigenvalue weighted by Gasteiger charge is 2.38. The van der Waals surface area contributed by atoms with Crippen molar-refractivity contribution in [1.82, 2.24) is 4.90 Å². The number of nitrogens with one attached hydrogen (secondary N) is 2. The van der Waals surface area contributed by atoms with Gasteiger partial charge in [-0.2, -0.15) is 0 Å². The molecule has 2 N–H and O–H groups in total. The summed E-state index contributed by atoms with van der Waals surface area (Å²) in [5, 5.41) is 2.78. The summed E-state index contributed by atoms with van der Waals surface area (Å²) in [5.41, 5.74) is 0.485. The number of amides is 2. The fourth-order valence-corrected chi connectivity index (χ4v) is 5.46. The van der Waals surface area contributed by atoms with Gasteiger partial charge in [0, 0.05) is 24.7 Å². The van der Waals surface area contributed by atoms with Crippen molar-refractivity contribution in [2.45, 2.75) is 43.0 Å². The smallest absolute Gasteiger partial charge is 0.262 e. The Bertz CT molecular complexity index is 1150. The number of benzene rings is 2. The molecule has 2 amide bonds. The van der Waals surface area contributed by atoms with E-state index < -0.39 is 21.8 Å². The van der Waals surface area contributed by atoms with Gasteiger partial charge >= 0.3 is 0 Å². The topological polar surface area (TPSA) is 105 Å². The second kappa shape index (κ2) is 9.38. The molecule has 2 aliphatic rings. The van der Waals surface area contributed by atoms with Crippen molar-refractivity contribution in [3.63, 3.8) is 0 Å². The summed E-state index contributed by atoms with van der Waals surface area (Å²) in [6.45, 7) is 0.398. The standard InChI is InChI=1S/C23H26FN3O5S/c1-32-21-11-8-17(13-20(21)26-33(30,31)19-9-6-16(24)7-10-19)25-23(29)15-12-22(28)27(14-15)18-4-2-3-5-18/h6-11,13,15,18,26H,2-5,12,14H2,1H3,(H,25,29)/t15-/m0/s1. The zero-order valence-electron chi connectivity index (χ0n) is 18.2. The molecule has 2 fully saturated rings. The number of hydrogen-bond donors (Lipinski definition) is 2. The molecule has 1 saturated carbocycles. The molecule has 10 heteroatoms. The Hall–Kier alpha value is -3.14. The molecule has 1 aliphatic heterocycles. The maximum Gasteiger partial charge on any atom is 0.262 e. The third-order valence-corrected chi connectivity index (χ3v) is 7.51. The molecule has 0 aromatic heterocycles. The van der Waals surface area contributed by atoms with Crippen LogP contribution in [0.4, 0.5) is 15.8 Å². The molecule has 1 heterocycles. The van der Waals surface area contributed by atoms with Crippen LogP contribution in [0.5, 0.6) is 5.75 Å². The van der Waals surface area contributed by atoms with Crippen molar-refractivity contribution >= 4 is 33.2 Å². The van der Waals surface area contributed by atoms with Crippen molar-refractivity contribution in [2.75, 3.05) is 23.7 Å². The first-order chi connectivity index (χ1) is 15.8. The largest absolute Gasteiger partial charge is 0.495 e. The highest BCUT2D eigenvalue weighted by molar-refractivity contribution is 7.92. The fraction of sp³-hybridized carbons (Fsp3) is 0.391. The quantitative estimate of drug-likeness (QED) is 0.639. The molecule has 8 nitrogen and oxygen atoms in total. The number of likely N-dealkylation sites (tertiary alicyclic amines) is 1. The molecule has 176 valence electrons. The molecular formula is C23H26FN3O5S. The minimum atomic E-state index is -4.01. The van der Waals surface area contributed by atoms with Gasteiger partial charge in [0.05, 0.1) is 23.6 Å². The van der Waals surface area contributed by atoms with Crippen LogP contribution >= 0.6 is 0 Å². The number of halogens is 1. The second-order valence-electron chi connectivity index (χ2n) is 8.35. The third kappa shape index (κ3) is 5.11. The SMILES string of the molecule is COc1ccc(NC(=O)[C@H]2CC(=O)N(C3CCCC3)C2)cc1NS(=O)(=O)c1ccc(F)cc1. The van der Waals surface area contributed by atoms with Gasteiger partial charge < -0.3 is 15.0 Å². The number of methoxy groups -OCH3 is 1. The van der Waals surface area contributed by atoms with Crippen LogP contribution in [-0.4, -0.2) is 44.8 Å². The summed E-state index contributed by atoms with van der Waals surface area (Å²) < 4.78 is 46.2. The first-order valence-electron chi connectivity index (χ1n) is 10.8. The Balaban J connectivity index is 1.48. The summed E-state index contributed by atoms with van der Waals surface area (Å²) >= 11 is 0. The predicted octanol–water partition coefficient (Wildman–Crippen LogP) is 3.36. The number of rotatable bonds is 7. The molecule has 1 atom stereocenters. The molecule has 0 spiro atoms. The average Bonchev–Trinajstić information content (AvgIpc) is 3.43. The van der Waals surface area contributed by atoms with E-state index in [4.69, 9.17) is 4.74 Å². The van der Waals surface area contributed by atoms with Crippen LogP contribution in [0.15, 0.2) is 47.4 Å². The van der Waals surface area contributed by atoms with E-state index in [9.17, 15) is 22.4 Å². The summed E-state index contributed by atoms with van der Waals surface area (Å²) in [7, 11) is -2.61. The lowest BCUT2D eigenvalue weighted by molar-refractivity contribution is -0.129. The molecule has 1 aliphatic carbocycles. The highest BCUT2D eigenvalue weighted by Crippen LogP contribution is 2.32. The van der Waals surface area contributed by atoms with Crippen LogP contribution in [0, 0.1) is 11.7 Å². The minimum absolute atomic E-state index is 0.00419. The zero-order valence-corrected chi connectivity index (χ0v) is 19.0. The molecule has 0 radical (unpaired) electrons. The highest BCUT2D eigenvalue weighted by atomic mass is 32.2. The normalized spacial score (nSPS) is 19.0. The van der Waals surface area contributed by atoms with Gasteiger partial charge in [0.2, 0.25) is 11.8 Å². The first-order valence-corrected chi connectivity index (χ1v) is 12.3. The summed E-state index contributed by atoms with van der Waals surface area (Å²) in [5.74, 6) is -1.04. The van der Waals surface area contributed by atoms with E-state index in [1.54, 1.807) is 6.07 Å². The molecule has 33 heavy (non-hydrogen) atoms. The predicted molar refractivity (Wildman–Crippen MR) is 121 cm³/mol. The van der Waals surface area contributed by atoms with E-state index in [-0.39, 0.29) is 40.6 Å². The Morgan fingerprint density at radius 3 is 2.48 bits per heavy atom. The number of sulfonamides is 1. The number of nitrogens with zero attached hydrogens (tertiary/aromatic N) is 1. The Labute approximate surface area is 192 Å². The van der Waals surface area contributed by atoms with Crippen LogP contribution in [0.2, 0.25) is 0 Å². The summed E-state index contributed by atoms with van der Waals surface area (Å²) in [6, 6.07) is 9.22. The first kappa shape index (κ1) is 23.0. The number of anilines is 2. The van der Waals surface area contributed by atoms with Gasteiger partial charge in [0.1, 0.15) is 11.6 Å². The van der Waals surface area contributed by atoms with E-state index in [1.807, 2.05) is 4.90 Å². The summed E-state index contributed by atoms with van der Waals surface area (Å²) in [4.78, 5) is 27.0. The average molecular weight is 476 g/mol. The Morgan fingerprint density at radius 1 is 1.12 bits per heavy atom. The van der Waals surface area contributed by atoms with Crippen LogP contribution in [0.1, 0.15) is 32.1 Å². The fourth-order valence-electron chi connectivity index (χ4n) is 4.40. The minimum Gasteiger partial charge on any atom is -0.495 e. The third-order valence-electron chi connectivity index (χ3n) is 6.13. The molecular weight excluding hydrogens is 449 g/mol. The Morgan fingerprint density at radius 2 is 1.82 bits per heavy atom. The summed E-state index contributed by atoms with van der Waals surface area (Å²) in [6.07, 6.45) is 4.34. The van der Waals surface area contributed by atoms with E-state index >= 15 is 0 Å². The van der Waals surface area contributed by atoms with Crippen LogP contribution in [0.25, 0.3) is 0 Å². The number of carbonyl (C=O) groups is 2. The lowest BCUT2D eigenvalue weighted by Crippen LogP contribution is -2.35. The van der Waals surface area contributed by atoms with Gasteiger partial charge in [-0.1, -0.05) is 12.8 Å². The van der Waals surface area contributed by atoms with E-state index in [0.717, 1.165) is 49.9 Å². The number of ether oxygens (including phenoxy) is 1. The number of hydrogen-bond acceptors (Lipinski definition) is 5. The number of carbonyl (C=O) groups excluding carboxylic acids is 2. The van der Waals surface area contributed by atoms with Crippen molar-refractivity contribution < 1.29 is 27.1 Å². The van der Waals surface area contributed by atoms with Crippen LogP contribution in [0.3, 0.4) is 0 Å². The van der Waals surface area contributed by atoms with Gasteiger partial charge in [-0.3, -0.25) is 14.3 Å². The second-order valence-corrected chi connectivity index (χ2v) is 10.0. The van der Waals surface area contributed by atoms with E-state index in [2.05, 4.69) is 10.0 Å².